The molecule has 0 aromatic heterocycles. The summed E-state index contributed by atoms with van der Waals surface area (Å²) in [4.78, 5) is 13.4. The van der Waals surface area contributed by atoms with Crippen molar-refractivity contribution < 1.29 is 9.63 Å². The van der Waals surface area contributed by atoms with Crippen molar-refractivity contribution >= 4 is 23.8 Å². The highest BCUT2D eigenvalue weighted by molar-refractivity contribution is 7.79. The Balaban J connectivity index is 2.97. The van der Waals surface area contributed by atoms with Crippen LogP contribution in [0.25, 0.3) is 0 Å². The van der Waals surface area contributed by atoms with Crippen molar-refractivity contribution in [3.63, 3.8) is 0 Å². The average molecular weight is 120 g/mol. The summed E-state index contributed by atoms with van der Waals surface area (Å²) >= 11 is 4.20. The average Bonchev–Trinajstić information content (AvgIpc) is 1.61. The van der Waals surface area contributed by atoms with E-state index in [0.29, 0.717) is 6.41 Å². The topological polar surface area (TPSA) is 64.3 Å². The summed E-state index contributed by atoms with van der Waals surface area (Å²) in [6.45, 7) is 0. The zero-order valence-electron chi connectivity index (χ0n) is 3.38. The Kier molecular flexibility index (Phi) is 2.95. The maximum atomic E-state index is 9.36. The number of nitrogens with one attached hydrogen (secondary N) is 1. The summed E-state index contributed by atoms with van der Waals surface area (Å²) in [5.41, 5.74) is 6.57. The van der Waals surface area contributed by atoms with Crippen LogP contribution >= 0.6 is 12.2 Å². The molecule has 0 unspecified atom stereocenters. The highest BCUT2D eigenvalue weighted by Gasteiger charge is 1.79. The van der Waals surface area contributed by atoms with Crippen LogP contribution in [0.4, 0.5) is 0 Å². The molecule has 4 nitrogen and oxygen atoms in total. The predicted molar refractivity (Wildman–Crippen MR) is 27.1 cm³/mol. The fourth-order valence-electron chi connectivity index (χ4n) is 0.0821. The largest absolute Gasteiger partial charge is 0.358 e. The minimum Gasteiger partial charge on any atom is -0.358 e. The molecule has 0 saturated carbocycles. The number of hydrogen-bond donors (Lipinski definition) is 2. The van der Waals surface area contributed by atoms with Gasteiger partial charge in [-0.3, -0.25) is 4.79 Å². The van der Waals surface area contributed by atoms with Crippen LogP contribution in [-0.2, 0) is 9.63 Å². The van der Waals surface area contributed by atoms with Crippen molar-refractivity contribution in [3.05, 3.63) is 0 Å². The van der Waals surface area contributed by atoms with Crippen molar-refractivity contribution in [2.45, 2.75) is 0 Å². The highest BCUT2D eigenvalue weighted by Crippen LogP contribution is 1.59. The molecule has 0 saturated heterocycles. The van der Waals surface area contributed by atoms with E-state index in [-0.39, 0.29) is 5.17 Å². The number of rotatable bonds is 2. The number of thiocarbonyl (C=S) groups is 1. The first-order chi connectivity index (χ1) is 3.27. The summed E-state index contributed by atoms with van der Waals surface area (Å²) in [5.74, 6) is 0. The van der Waals surface area contributed by atoms with Gasteiger partial charge < -0.3 is 10.6 Å². The van der Waals surface area contributed by atoms with Gasteiger partial charge in [0.25, 0.3) is 5.17 Å². The van der Waals surface area contributed by atoms with Crippen LogP contribution in [0, 0.1) is 0 Å². The number of hydrogen-bond acceptors (Lipinski definition) is 3. The molecule has 40 valence electrons. The third-order valence-corrected chi connectivity index (χ3v) is 0.291. The van der Waals surface area contributed by atoms with Gasteiger partial charge in [0.15, 0.2) is 0 Å². The van der Waals surface area contributed by atoms with Gasteiger partial charge in [0.2, 0.25) is 6.41 Å². The third-order valence-electron chi connectivity index (χ3n) is 0.208. The van der Waals surface area contributed by atoms with Gasteiger partial charge in [0.05, 0.1) is 0 Å². The number of carbonyl (C=O) groups is 1. The zero-order chi connectivity index (χ0) is 5.70. The Labute approximate surface area is 45.6 Å². The lowest BCUT2D eigenvalue weighted by Crippen LogP contribution is -2.22. The molecule has 1 amide bonds. The van der Waals surface area contributed by atoms with Crippen LogP contribution in [-0.4, -0.2) is 11.6 Å². The number of carbonyl (C=O) groups excluding carboxylic acids is 1. The molecule has 0 bridgehead atoms. The third kappa shape index (κ3) is 5.16. The molecular weight excluding hydrogens is 116 g/mol. The van der Waals surface area contributed by atoms with Crippen LogP contribution in [0.15, 0.2) is 0 Å². The molecule has 0 aliphatic heterocycles. The lowest BCUT2D eigenvalue weighted by Gasteiger charge is -1.93. The molecule has 0 spiro atoms. The Morgan fingerprint density at radius 2 is 2.57 bits per heavy atom. The first kappa shape index (κ1) is 6.16. The first-order valence-electron chi connectivity index (χ1n) is 1.43. The normalized spacial score (nSPS) is 6.86. The van der Waals surface area contributed by atoms with E-state index in [1.807, 2.05) is 0 Å². The molecule has 3 N–H and O–H groups in total. The molecule has 0 aromatic carbocycles. The summed E-state index contributed by atoms with van der Waals surface area (Å²) < 4.78 is 0. The molecule has 0 aliphatic rings. The second-order valence-electron chi connectivity index (χ2n) is 0.657. The minimum atomic E-state index is -0.202. The summed E-state index contributed by atoms with van der Waals surface area (Å²) in [5, 5.41) is -0.202. The van der Waals surface area contributed by atoms with Gasteiger partial charge in [-0.25, -0.2) is 0 Å². The molecule has 0 heterocycles. The van der Waals surface area contributed by atoms with Crippen molar-refractivity contribution in [1.29, 1.82) is 0 Å². The Hall–Kier alpha value is -0.840. The number of amides is 1. The second kappa shape index (κ2) is 3.35. The molecule has 0 aromatic rings. The quantitative estimate of drug-likeness (QED) is 0.276. The summed E-state index contributed by atoms with van der Waals surface area (Å²) in [7, 11) is 0. The van der Waals surface area contributed by atoms with E-state index in [2.05, 4.69) is 17.1 Å². The number of nitrogens with two attached hydrogens (primary N) is 1. The Morgan fingerprint density at radius 3 is 2.71 bits per heavy atom. The van der Waals surface area contributed by atoms with E-state index in [4.69, 9.17) is 5.73 Å². The SMILES string of the molecule is NC(=S)ONC=O. The molecule has 7 heavy (non-hydrogen) atoms. The van der Waals surface area contributed by atoms with Crippen LogP contribution in [0.2, 0.25) is 0 Å². The minimum absolute atomic E-state index is 0.202. The molecule has 0 aliphatic carbocycles. The molecular formula is C2H4N2O2S. The van der Waals surface area contributed by atoms with Crippen molar-refractivity contribution in [3.8, 4) is 0 Å². The standard InChI is InChI=1S/C2H4N2O2S/c3-2(7)6-4-1-5/h1H,(H2,3,7)(H,4,5). The first-order valence-corrected chi connectivity index (χ1v) is 1.83. The van der Waals surface area contributed by atoms with E-state index in [0.717, 1.165) is 0 Å². The maximum absolute atomic E-state index is 9.36. The van der Waals surface area contributed by atoms with Crippen LogP contribution in [0.5, 0.6) is 0 Å². The van der Waals surface area contributed by atoms with E-state index >= 15 is 0 Å². The summed E-state index contributed by atoms with van der Waals surface area (Å²) in [6.07, 6.45) is 0.332. The van der Waals surface area contributed by atoms with Gasteiger partial charge >= 0.3 is 0 Å². The fourth-order valence-corrected chi connectivity index (χ4v) is 0.130. The highest BCUT2D eigenvalue weighted by atomic mass is 32.1. The second-order valence-corrected chi connectivity index (χ2v) is 1.06. The Morgan fingerprint density at radius 1 is 2.00 bits per heavy atom. The maximum Gasteiger partial charge on any atom is 0.283 e. The van der Waals surface area contributed by atoms with Crippen molar-refractivity contribution in [2.75, 3.05) is 0 Å². The van der Waals surface area contributed by atoms with Gasteiger partial charge in [-0.2, -0.15) is 5.48 Å². The predicted octanol–water partition coefficient (Wildman–Crippen LogP) is -1.09. The van der Waals surface area contributed by atoms with E-state index < -0.39 is 0 Å². The molecule has 0 radical (unpaired) electrons. The van der Waals surface area contributed by atoms with E-state index in [1.54, 1.807) is 5.48 Å². The van der Waals surface area contributed by atoms with Crippen LogP contribution in [0.1, 0.15) is 0 Å². The Bertz CT molecular complexity index is 83.8. The molecule has 0 fully saturated rings. The van der Waals surface area contributed by atoms with Crippen LogP contribution < -0.4 is 11.2 Å². The lowest BCUT2D eigenvalue weighted by atomic mass is 11.3. The zero-order valence-corrected chi connectivity index (χ0v) is 4.20. The van der Waals surface area contributed by atoms with E-state index in [9.17, 15) is 4.79 Å². The lowest BCUT2D eigenvalue weighted by molar-refractivity contribution is -0.115. The summed E-state index contributed by atoms with van der Waals surface area (Å²) in [6, 6.07) is 0. The fraction of sp³-hybridized carbons (Fsp3) is 0. The molecule has 5 heteroatoms. The van der Waals surface area contributed by atoms with Crippen LogP contribution in [0.3, 0.4) is 0 Å². The van der Waals surface area contributed by atoms with Crippen molar-refractivity contribution in [1.82, 2.24) is 5.48 Å². The monoisotopic (exact) mass is 120 g/mol. The van der Waals surface area contributed by atoms with Gasteiger partial charge in [-0.15, -0.1) is 0 Å². The van der Waals surface area contributed by atoms with Gasteiger partial charge in [0.1, 0.15) is 0 Å². The van der Waals surface area contributed by atoms with Gasteiger partial charge in [-0.05, 0) is 12.2 Å². The van der Waals surface area contributed by atoms with Crippen molar-refractivity contribution in [2.24, 2.45) is 5.73 Å². The molecule has 0 atom stereocenters. The van der Waals surface area contributed by atoms with Gasteiger partial charge in [0, 0.05) is 0 Å². The molecule has 0 rings (SSSR count). The van der Waals surface area contributed by atoms with Gasteiger partial charge in [-0.1, -0.05) is 0 Å². The number of hydroxylamine groups is 1. The van der Waals surface area contributed by atoms with E-state index in [1.165, 1.54) is 0 Å². The smallest absolute Gasteiger partial charge is 0.283 e.